The summed E-state index contributed by atoms with van der Waals surface area (Å²) < 4.78 is 66.2. The summed E-state index contributed by atoms with van der Waals surface area (Å²) in [6, 6.07) is 3.71. The van der Waals surface area contributed by atoms with E-state index in [0.717, 1.165) is 31.0 Å². The first kappa shape index (κ1) is 19.2. The molecule has 0 bridgehead atoms. The van der Waals surface area contributed by atoms with Crippen LogP contribution in [0.25, 0.3) is 0 Å². The fraction of sp³-hybridized carbons (Fsp3) is 0.556. The van der Waals surface area contributed by atoms with Crippen LogP contribution in [0.4, 0.5) is 18.9 Å². The molecule has 0 unspecified atom stereocenters. The van der Waals surface area contributed by atoms with Crippen molar-refractivity contribution in [2.75, 3.05) is 24.2 Å². The number of rotatable bonds is 4. The van der Waals surface area contributed by atoms with Gasteiger partial charge in [0.1, 0.15) is 12.2 Å². The van der Waals surface area contributed by atoms with Crippen molar-refractivity contribution in [3.63, 3.8) is 0 Å². The molecule has 2 heterocycles. The van der Waals surface area contributed by atoms with Gasteiger partial charge in [-0.15, -0.1) is 10.2 Å². The molecule has 6 nitrogen and oxygen atoms in total. The number of alkyl halides is 3. The second kappa shape index (κ2) is 6.75. The Morgan fingerprint density at radius 1 is 1.11 bits per heavy atom. The largest absolute Gasteiger partial charge is 0.418 e. The minimum atomic E-state index is -4.63. The molecule has 0 spiro atoms. The Labute approximate surface area is 161 Å². The van der Waals surface area contributed by atoms with Crippen LogP contribution < -0.4 is 4.90 Å². The number of hydrogen-bond acceptors (Lipinski definition) is 5. The van der Waals surface area contributed by atoms with Gasteiger partial charge < -0.3 is 9.47 Å². The zero-order chi connectivity index (χ0) is 20.1. The normalized spacial score (nSPS) is 19.2. The number of hydrogen-bond donors (Lipinski definition) is 0. The van der Waals surface area contributed by atoms with Gasteiger partial charge in [0.05, 0.1) is 10.5 Å². The molecule has 2 aliphatic rings. The van der Waals surface area contributed by atoms with Crippen LogP contribution in [0, 0.1) is 0 Å². The zero-order valence-electron chi connectivity index (χ0n) is 15.4. The number of aromatic nitrogens is 3. The number of piperidine rings is 1. The van der Waals surface area contributed by atoms with Crippen molar-refractivity contribution in [3.8, 4) is 0 Å². The summed E-state index contributed by atoms with van der Waals surface area (Å²) in [5.74, 6) is 1.09. The van der Waals surface area contributed by atoms with Gasteiger partial charge in [-0.3, -0.25) is 0 Å². The van der Waals surface area contributed by atoms with Crippen molar-refractivity contribution in [3.05, 3.63) is 35.9 Å². The highest BCUT2D eigenvalue weighted by molar-refractivity contribution is 7.90. The van der Waals surface area contributed by atoms with Gasteiger partial charge in [-0.05, 0) is 43.9 Å². The van der Waals surface area contributed by atoms with Crippen molar-refractivity contribution < 1.29 is 21.6 Å². The molecule has 1 aliphatic heterocycles. The Morgan fingerprint density at radius 3 is 2.36 bits per heavy atom. The van der Waals surface area contributed by atoms with E-state index in [1.807, 2.05) is 0 Å². The monoisotopic (exact) mass is 414 g/mol. The van der Waals surface area contributed by atoms with Crippen molar-refractivity contribution >= 4 is 15.5 Å². The summed E-state index contributed by atoms with van der Waals surface area (Å²) in [7, 11) is -3.72. The molecule has 0 amide bonds. The van der Waals surface area contributed by atoms with E-state index in [9.17, 15) is 21.6 Å². The van der Waals surface area contributed by atoms with Crippen LogP contribution in [0.15, 0.2) is 29.4 Å². The summed E-state index contributed by atoms with van der Waals surface area (Å²) in [6.45, 7) is 0.896. The summed E-state index contributed by atoms with van der Waals surface area (Å²) in [5.41, 5.74) is -0.878. The van der Waals surface area contributed by atoms with Gasteiger partial charge >= 0.3 is 6.18 Å². The topological polar surface area (TPSA) is 68.1 Å². The van der Waals surface area contributed by atoms with Gasteiger partial charge in [0.15, 0.2) is 9.84 Å². The van der Waals surface area contributed by atoms with Crippen molar-refractivity contribution in [1.29, 1.82) is 0 Å². The maximum atomic E-state index is 13.6. The van der Waals surface area contributed by atoms with Crippen LogP contribution in [0.1, 0.15) is 49.0 Å². The smallest absolute Gasteiger partial charge is 0.371 e. The van der Waals surface area contributed by atoms with Gasteiger partial charge in [-0.2, -0.15) is 13.2 Å². The molecule has 0 radical (unpaired) electrons. The summed E-state index contributed by atoms with van der Waals surface area (Å²) in [4.78, 5) is 1.36. The summed E-state index contributed by atoms with van der Waals surface area (Å²) in [5, 5.41) is 8.25. The maximum absolute atomic E-state index is 13.6. The van der Waals surface area contributed by atoms with E-state index >= 15 is 0 Å². The Balaban J connectivity index is 1.56. The van der Waals surface area contributed by atoms with E-state index < -0.39 is 21.6 Å². The van der Waals surface area contributed by atoms with E-state index in [0.29, 0.717) is 32.0 Å². The number of sulfone groups is 1. The average Bonchev–Trinajstić information content (AvgIpc) is 3.36. The lowest BCUT2D eigenvalue weighted by molar-refractivity contribution is -0.137. The first-order valence-electron chi connectivity index (χ1n) is 9.20. The average molecular weight is 414 g/mol. The van der Waals surface area contributed by atoms with Crippen molar-refractivity contribution in [1.82, 2.24) is 14.8 Å². The zero-order valence-corrected chi connectivity index (χ0v) is 16.2. The Kier molecular flexibility index (Phi) is 4.64. The molecule has 2 fully saturated rings. The minimum Gasteiger partial charge on any atom is -0.371 e. The molecule has 1 aliphatic carbocycles. The standard InChI is InChI=1S/C18H21F3N4O2S/c1-28(26,27)14-4-5-16(15(10-14)18(19,20)21)24-8-6-12(7-9-24)17-23-22-11-25(17)13-2-3-13/h4-5,10-13H,2-3,6-9H2,1H3. The number of halogens is 3. The minimum absolute atomic E-state index is 0.0296. The molecule has 1 saturated carbocycles. The molecule has 1 aromatic carbocycles. The maximum Gasteiger partial charge on any atom is 0.418 e. The Hall–Kier alpha value is -2.10. The van der Waals surface area contributed by atoms with E-state index in [-0.39, 0.29) is 16.5 Å². The highest BCUT2D eigenvalue weighted by Gasteiger charge is 2.37. The Bertz CT molecular complexity index is 975. The van der Waals surface area contributed by atoms with Gasteiger partial charge in [0, 0.05) is 37.0 Å². The Morgan fingerprint density at radius 2 is 1.79 bits per heavy atom. The highest BCUT2D eigenvalue weighted by Crippen LogP contribution is 2.41. The molecular formula is C18H21F3N4O2S. The first-order chi connectivity index (χ1) is 13.1. The summed E-state index contributed by atoms with van der Waals surface area (Å²) >= 11 is 0. The lowest BCUT2D eigenvalue weighted by Crippen LogP contribution is -2.35. The van der Waals surface area contributed by atoms with Crippen molar-refractivity contribution in [2.45, 2.75) is 48.7 Å². The quantitative estimate of drug-likeness (QED) is 0.767. The van der Waals surface area contributed by atoms with E-state index in [1.54, 1.807) is 11.2 Å². The number of nitrogens with zero attached hydrogens (tertiary/aromatic N) is 4. The van der Waals surface area contributed by atoms with Gasteiger partial charge in [-0.1, -0.05) is 0 Å². The molecule has 1 saturated heterocycles. The summed E-state index contributed by atoms with van der Waals surface area (Å²) in [6.07, 6.45) is 1.61. The third-order valence-corrected chi connectivity index (χ3v) is 6.55. The first-order valence-corrected chi connectivity index (χ1v) is 11.1. The second-order valence-electron chi connectivity index (χ2n) is 7.54. The number of anilines is 1. The fourth-order valence-electron chi connectivity index (χ4n) is 3.81. The molecule has 0 N–H and O–H groups in total. The molecule has 1 aromatic heterocycles. The molecular weight excluding hydrogens is 393 g/mol. The second-order valence-corrected chi connectivity index (χ2v) is 9.55. The molecule has 0 atom stereocenters. The van der Waals surface area contributed by atoms with Crippen LogP contribution in [0.3, 0.4) is 0 Å². The molecule has 10 heteroatoms. The van der Waals surface area contributed by atoms with Crippen LogP contribution in [0.5, 0.6) is 0 Å². The highest BCUT2D eigenvalue weighted by atomic mass is 32.2. The molecule has 2 aromatic rings. The van der Waals surface area contributed by atoms with Crippen molar-refractivity contribution in [2.24, 2.45) is 0 Å². The molecule has 28 heavy (non-hydrogen) atoms. The van der Waals surface area contributed by atoms with Gasteiger partial charge in [-0.25, -0.2) is 8.42 Å². The number of benzene rings is 1. The predicted molar refractivity (Wildman–Crippen MR) is 97.0 cm³/mol. The van der Waals surface area contributed by atoms with E-state index in [4.69, 9.17) is 0 Å². The van der Waals surface area contributed by atoms with Crippen LogP contribution in [-0.2, 0) is 16.0 Å². The van der Waals surface area contributed by atoms with Gasteiger partial charge in [0.2, 0.25) is 0 Å². The third kappa shape index (κ3) is 3.74. The predicted octanol–water partition coefficient (Wildman–Crippen LogP) is 3.42. The fourth-order valence-corrected chi connectivity index (χ4v) is 4.45. The third-order valence-electron chi connectivity index (χ3n) is 5.44. The lowest BCUT2D eigenvalue weighted by atomic mass is 9.95. The lowest BCUT2D eigenvalue weighted by Gasteiger charge is -2.34. The van der Waals surface area contributed by atoms with Crippen LogP contribution in [-0.4, -0.2) is 42.5 Å². The molecule has 152 valence electrons. The van der Waals surface area contributed by atoms with Crippen LogP contribution in [0.2, 0.25) is 0 Å². The van der Waals surface area contributed by atoms with Crippen LogP contribution >= 0.6 is 0 Å². The van der Waals surface area contributed by atoms with Gasteiger partial charge in [0.25, 0.3) is 0 Å². The SMILES string of the molecule is CS(=O)(=O)c1ccc(N2CCC(c3nncn3C3CC3)CC2)c(C(F)(F)F)c1. The van der Waals surface area contributed by atoms with E-state index in [1.165, 1.54) is 12.1 Å². The molecule has 4 rings (SSSR count). The van der Waals surface area contributed by atoms with E-state index in [2.05, 4.69) is 14.8 Å².